The number of carbonyl (C=O) groups is 2. The maximum Gasteiger partial charge on any atom is 0.328 e. The third kappa shape index (κ3) is 5.30. The van der Waals surface area contributed by atoms with E-state index < -0.39 is 29.4 Å². The number of nitrogens with zero attached hydrogens (tertiary/aromatic N) is 1. The first-order valence-corrected chi connectivity index (χ1v) is 9.43. The number of nitrogens with one attached hydrogen (secondary N) is 1. The van der Waals surface area contributed by atoms with Gasteiger partial charge in [0.15, 0.2) is 0 Å². The van der Waals surface area contributed by atoms with E-state index in [2.05, 4.69) is 10.2 Å². The number of esters is 1. The van der Waals surface area contributed by atoms with E-state index >= 15 is 0 Å². The lowest BCUT2D eigenvalue weighted by molar-refractivity contribution is -0.158. The number of amides is 1. The van der Waals surface area contributed by atoms with E-state index in [4.69, 9.17) is 9.47 Å². The van der Waals surface area contributed by atoms with Crippen molar-refractivity contribution in [2.24, 2.45) is 0 Å². The van der Waals surface area contributed by atoms with Crippen LogP contribution in [-0.4, -0.2) is 46.8 Å². The quantitative estimate of drug-likeness (QED) is 0.630. The van der Waals surface area contributed by atoms with Crippen molar-refractivity contribution in [2.45, 2.75) is 77.9 Å². The van der Waals surface area contributed by atoms with Gasteiger partial charge in [-0.25, -0.2) is 4.79 Å². The Morgan fingerprint density at radius 1 is 1.22 bits per heavy atom. The number of hydrogen-bond donors (Lipinski definition) is 1. The average molecular weight is 378 g/mol. The predicted octanol–water partition coefficient (Wildman–Crippen LogP) is 3.03. The third-order valence-corrected chi connectivity index (χ3v) is 4.65. The van der Waals surface area contributed by atoms with Gasteiger partial charge in [-0.05, 0) is 54.0 Å². The second kappa shape index (κ2) is 7.98. The summed E-state index contributed by atoms with van der Waals surface area (Å²) in [7, 11) is 0. The molecule has 6 nitrogen and oxygen atoms in total. The van der Waals surface area contributed by atoms with Gasteiger partial charge in [0, 0.05) is 0 Å². The molecular formula is C21H32N2O4. The van der Waals surface area contributed by atoms with Crippen LogP contribution in [0.4, 0.5) is 0 Å². The normalized spacial score (nSPS) is 22.1. The van der Waals surface area contributed by atoms with Gasteiger partial charge in [0.25, 0.3) is 0 Å². The van der Waals surface area contributed by atoms with Crippen LogP contribution in [0.25, 0.3) is 0 Å². The van der Waals surface area contributed by atoms with Crippen molar-refractivity contribution >= 4 is 11.9 Å². The van der Waals surface area contributed by atoms with Crippen LogP contribution in [-0.2, 0) is 19.1 Å². The summed E-state index contributed by atoms with van der Waals surface area (Å²) in [5.74, 6) is -0.674. The first-order valence-electron chi connectivity index (χ1n) is 9.43. The lowest BCUT2D eigenvalue weighted by Gasteiger charge is -2.38. The minimum atomic E-state index is -0.721. The molecule has 0 saturated carbocycles. The van der Waals surface area contributed by atoms with Gasteiger partial charge >= 0.3 is 5.97 Å². The third-order valence-electron chi connectivity index (χ3n) is 4.65. The van der Waals surface area contributed by atoms with Gasteiger partial charge < -0.3 is 14.8 Å². The summed E-state index contributed by atoms with van der Waals surface area (Å²) in [6, 6.07) is 8.78. The molecule has 3 atom stereocenters. The van der Waals surface area contributed by atoms with Crippen LogP contribution in [0.1, 0.15) is 60.1 Å². The average Bonchev–Trinajstić information content (AvgIpc) is 2.88. The van der Waals surface area contributed by atoms with Crippen molar-refractivity contribution in [3.05, 3.63) is 35.9 Å². The van der Waals surface area contributed by atoms with Gasteiger partial charge in [0.2, 0.25) is 5.91 Å². The summed E-state index contributed by atoms with van der Waals surface area (Å²) in [5.41, 5.74) is -0.0833. The van der Waals surface area contributed by atoms with Gasteiger partial charge in [0.1, 0.15) is 17.4 Å². The lowest BCUT2D eigenvalue weighted by atomic mass is 10.1. The van der Waals surface area contributed by atoms with Gasteiger partial charge in [0.05, 0.1) is 18.7 Å². The zero-order valence-corrected chi connectivity index (χ0v) is 17.4. The van der Waals surface area contributed by atoms with Crippen LogP contribution in [0.2, 0.25) is 0 Å². The maximum atomic E-state index is 12.9. The molecule has 1 saturated heterocycles. The molecule has 1 aromatic rings. The zero-order valence-electron chi connectivity index (χ0n) is 17.4. The largest absolute Gasteiger partial charge is 0.458 e. The summed E-state index contributed by atoms with van der Waals surface area (Å²) in [4.78, 5) is 27.1. The van der Waals surface area contributed by atoms with Crippen molar-refractivity contribution in [3.63, 3.8) is 0 Å². The first-order chi connectivity index (χ1) is 12.4. The van der Waals surface area contributed by atoms with E-state index in [0.29, 0.717) is 6.61 Å². The summed E-state index contributed by atoms with van der Waals surface area (Å²) in [6.45, 7) is 13.3. The van der Waals surface area contributed by atoms with Gasteiger partial charge in [-0.15, -0.1) is 0 Å². The number of rotatable bonds is 5. The molecule has 0 spiro atoms. The standard InChI is InChI=1S/C21H32N2O4/c1-14(19(25)27-20(3,4)5)22-18(24)15(2)23-17(13-26-21(23,6)7)16-11-9-8-10-12-16/h8-12,14-15,17H,13H2,1-7H3,(H,22,24)/t14-,15-,17-/m0/s1/i15+1,18+1. The zero-order chi connectivity index (χ0) is 20.4. The van der Waals surface area contributed by atoms with Crippen LogP contribution >= 0.6 is 0 Å². The van der Waals surface area contributed by atoms with Crippen LogP contribution in [0.5, 0.6) is 0 Å². The number of hydrogen-bond acceptors (Lipinski definition) is 5. The molecule has 150 valence electrons. The van der Waals surface area contributed by atoms with E-state index in [1.807, 2.05) is 51.1 Å². The monoisotopic (exact) mass is 378 g/mol. The van der Waals surface area contributed by atoms with E-state index in [0.717, 1.165) is 5.56 Å². The fourth-order valence-electron chi connectivity index (χ4n) is 3.39. The number of ether oxygens (including phenoxy) is 2. The smallest absolute Gasteiger partial charge is 0.328 e. The second-order valence-corrected chi connectivity index (χ2v) is 8.53. The fourth-order valence-corrected chi connectivity index (χ4v) is 3.39. The molecule has 1 amide bonds. The molecule has 0 radical (unpaired) electrons. The van der Waals surface area contributed by atoms with Gasteiger partial charge in [-0.2, -0.15) is 0 Å². The summed E-state index contributed by atoms with van der Waals surface area (Å²) in [5, 5.41) is 2.78. The maximum absolute atomic E-state index is 12.9. The number of carbonyl (C=O) groups excluding carboxylic acids is 2. The van der Waals surface area contributed by atoms with Crippen LogP contribution in [0.3, 0.4) is 0 Å². The van der Waals surface area contributed by atoms with E-state index in [-0.39, 0.29) is 11.9 Å². The Bertz CT molecular complexity index is 667. The molecule has 0 aromatic heterocycles. The molecule has 1 heterocycles. The highest BCUT2D eigenvalue weighted by atomic mass is 16.6. The molecule has 1 aliphatic rings. The summed E-state index contributed by atoms with van der Waals surface area (Å²) >= 11 is 0. The fraction of sp³-hybridized carbons (Fsp3) is 0.619. The molecular weight excluding hydrogens is 346 g/mol. The highest BCUT2D eigenvalue weighted by Gasteiger charge is 2.46. The van der Waals surface area contributed by atoms with Crippen molar-refractivity contribution < 1.29 is 19.1 Å². The molecule has 0 aliphatic carbocycles. The summed E-state index contributed by atoms with van der Waals surface area (Å²) < 4.78 is 11.3. The lowest BCUT2D eigenvalue weighted by Crippen LogP contribution is -2.55. The predicted molar refractivity (Wildman–Crippen MR) is 104 cm³/mol. The molecule has 0 bridgehead atoms. The van der Waals surface area contributed by atoms with Gasteiger partial charge in [-0.1, -0.05) is 30.3 Å². The Kier molecular flexibility index (Phi) is 6.32. The molecule has 0 unspecified atom stereocenters. The Morgan fingerprint density at radius 3 is 2.37 bits per heavy atom. The summed E-state index contributed by atoms with van der Waals surface area (Å²) in [6.07, 6.45) is 0. The Balaban J connectivity index is 2.12. The molecule has 1 N–H and O–H groups in total. The Morgan fingerprint density at radius 2 is 1.81 bits per heavy atom. The molecule has 6 heteroatoms. The second-order valence-electron chi connectivity index (χ2n) is 8.53. The molecule has 1 aliphatic heterocycles. The van der Waals surface area contributed by atoms with Gasteiger partial charge in [-0.3, -0.25) is 9.69 Å². The van der Waals surface area contributed by atoms with Crippen molar-refractivity contribution in [1.82, 2.24) is 10.2 Å². The molecule has 1 fully saturated rings. The van der Waals surface area contributed by atoms with E-state index in [1.54, 1.807) is 27.7 Å². The first kappa shape index (κ1) is 21.4. The van der Waals surface area contributed by atoms with Crippen molar-refractivity contribution in [2.75, 3.05) is 6.61 Å². The molecule has 2 rings (SSSR count). The van der Waals surface area contributed by atoms with Crippen molar-refractivity contribution in [3.8, 4) is 0 Å². The minimum absolute atomic E-state index is 0.0289. The Labute approximate surface area is 162 Å². The topological polar surface area (TPSA) is 67.9 Å². The molecule has 1 aromatic carbocycles. The van der Waals surface area contributed by atoms with Crippen LogP contribution < -0.4 is 5.32 Å². The van der Waals surface area contributed by atoms with Crippen LogP contribution in [0.15, 0.2) is 30.3 Å². The molecule has 27 heavy (non-hydrogen) atoms. The van der Waals surface area contributed by atoms with E-state index in [9.17, 15) is 9.59 Å². The minimum Gasteiger partial charge on any atom is -0.458 e. The highest BCUT2D eigenvalue weighted by Crippen LogP contribution is 2.38. The Hall–Kier alpha value is -1.92. The van der Waals surface area contributed by atoms with E-state index in [1.165, 1.54) is 0 Å². The SMILES string of the molecule is C[C@H](N[13C](=O)[13C@H](C)N1[C@H](c2ccccc2)COC1(C)C)C(=O)OC(C)(C)C. The number of benzene rings is 1. The van der Waals surface area contributed by atoms with Crippen molar-refractivity contribution in [1.29, 1.82) is 0 Å². The van der Waals surface area contributed by atoms with Crippen LogP contribution in [0, 0.1) is 0 Å². The highest BCUT2D eigenvalue weighted by molar-refractivity contribution is 5.87.